The van der Waals surface area contributed by atoms with Crippen molar-refractivity contribution in [1.29, 1.82) is 0 Å². The number of furan rings is 1. The van der Waals surface area contributed by atoms with E-state index in [1.807, 2.05) is 19.1 Å². The van der Waals surface area contributed by atoms with Crippen LogP contribution in [0.5, 0.6) is 0 Å². The van der Waals surface area contributed by atoms with Gasteiger partial charge in [0.1, 0.15) is 11.5 Å². The van der Waals surface area contributed by atoms with Gasteiger partial charge in [-0.05, 0) is 32.9 Å². The van der Waals surface area contributed by atoms with Gasteiger partial charge < -0.3 is 14.5 Å². The highest BCUT2D eigenvalue weighted by Gasteiger charge is 2.16. The van der Waals surface area contributed by atoms with E-state index in [0.717, 1.165) is 37.6 Å². The average molecular weight is 225 g/mol. The second-order valence-corrected chi connectivity index (χ2v) is 4.52. The first-order valence-electron chi connectivity index (χ1n) is 5.99. The minimum absolute atomic E-state index is 0.116. The lowest BCUT2D eigenvalue weighted by molar-refractivity contribution is -0.00920. The molecule has 0 unspecified atom stereocenters. The van der Waals surface area contributed by atoms with Crippen molar-refractivity contribution in [3.63, 3.8) is 0 Å². The maximum atomic E-state index is 5.60. The second-order valence-electron chi connectivity index (χ2n) is 4.52. The molecule has 92 valence electrons. The summed E-state index contributed by atoms with van der Waals surface area (Å²) in [6, 6.07) is 4.06. The van der Waals surface area contributed by atoms with Gasteiger partial charge in [0.25, 0.3) is 0 Å². The maximum absolute atomic E-state index is 5.60. The molecule has 0 spiro atoms. The molecule has 0 aromatic carbocycles. The SMILES string of the molecule is CCOC(C)(C)CNCc1ccc(CC)o1. The third kappa shape index (κ3) is 4.37. The lowest BCUT2D eigenvalue weighted by Gasteiger charge is -2.24. The Kier molecular flexibility index (Phi) is 5.03. The van der Waals surface area contributed by atoms with E-state index in [0.29, 0.717) is 0 Å². The fourth-order valence-electron chi connectivity index (χ4n) is 1.64. The molecule has 1 aromatic heterocycles. The van der Waals surface area contributed by atoms with Gasteiger partial charge in [-0.15, -0.1) is 0 Å². The fourth-order valence-corrected chi connectivity index (χ4v) is 1.64. The molecule has 0 aliphatic carbocycles. The van der Waals surface area contributed by atoms with Crippen LogP contribution in [0.2, 0.25) is 0 Å². The van der Waals surface area contributed by atoms with E-state index in [2.05, 4.69) is 26.1 Å². The Morgan fingerprint density at radius 1 is 1.25 bits per heavy atom. The van der Waals surface area contributed by atoms with E-state index in [-0.39, 0.29) is 5.60 Å². The van der Waals surface area contributed by atoms with E-state index in [1.54, 1.807) is 0 Å². The van der Waals surface area contributed by atoms with Crippen LogP contribution in [-0.2, 0) is 17.7 Å². The van der Waals surface area contributed by atoms with Crippen LogP contribution in [0.25, 0.3) is 0 Å². The predicted octanol–water partition coefficient (Wildman–Crippen LogP) is 2.75. The summed E-state index contributed by atoms with van der Waals surface area (Å²) in [6.07, 6.45) is 0.949. The molecule has 0 saturated carbocycles. The highest BCUT2D eigenvalue weighted by Crippen LogP contribution is 2.10. The van der Waals surface area contributed by atoms with Gasteiger partial charge in [0.05, 0.1) is 12.1 Å². The topological polar surface area (TPSA) is 34.4 Å². The van der Waals surface area contributed by atoms with Gasteiger partial charge >= 0.3 is 0 Å². The quantitative estimate of drug-likeness (QED) is 0.775. The average Bonchev–Trinajstić information content (AvgIpc) is 2.65. The normalized spacial score (nSPS) is 12.0. The largest absolute Gasteiger partial charge is 0.465 e. The van der Waals surface area contributed by atoms with Crippen molar-refractivity contribution in [3.8, 4) is 0 Å². The minimum atomic E-state index is -0.116. The summed E-state index contributed by atoms with van der Waals surface area (Å²) in [6.45, 7) is 10.6. The van der Waals surface area contributed by atoms with E-state index in [4.69, 9.17) is 9.15 Å². The van der Waals surface area contributed by atoms with E-state index in [9.17, 15) is 0 Å². The Morgan fingerprint density at radius 2 is 1.94 bits per heavy atom. The number of hydrogen-bond donors (Lipinski definition) is 1. The molecule has 0 fully saturated rings. The van der Waals surface area contributed by atoms with Crippen molar-refractivity contribution in [2.75, 3.05) is 13.2 Å². The molecule has 0 aliphatic rings. The van der Waals surface area contributed by atoms with Crippen LogP contribution >= 0.6 is 0 Å². The first-order valence-corrected chi connectivity index (χ1v) is 5.99. The van der Waals surface area contributed by atoms with E-state index >= 15 is 0 Å². The summed E-state index contributed by atoms with van der Waals surface area (Å²) in [7, 11) is 0. The Hall–Kier alpha value is -0.800. The van der Waals surface area contributed by atoms with Gasteiger partial charge in [-0.3, -0.25) is 0 Å². The van der Waals surface area contributed by atoms with Crippen molar-refractivity contribution in [3.05, 3.63) is 23.7 Å². The molecule has 0 radical (unpaired) electrons. The predicted molar refractivity (Wildman–Crippen MR) is 65.5 cm³/mol. The minimum Gasteiger partial charge on any atom is -0.465 e. The van der Waals surface area contributed by atoms with Crippen LogP contribution in [0.4, 0.5) is 0 Å². The van der Waals surface area contributed by atoms with Gasteiger partial charge in [-0.1, -0.05) is 6.92 Å². The van der Waals surface area contributed by atoms with Crippen LogP contribution < -0.4 is 5.32 Å². The molecule has 1 rings (SSSR count). The lowest BCUT2D eigenvalue weighted by Crippen LogP contribution is -2.37. The molecule has 1 aromatic rings. The van der Waals surface area contributed by atoms with Crippen molar-refractivity contribution in [2.24, 2.45) is 0 Å². The molecule has 0 atom stereocenters. The monoisotopic (exact) mass is 225 g/mol. The van der Waals surface area contributed by atoms with Gasteiger partial charge in [0.2, 0.25) is 0 Å². The molecule has 1 N–H and O–H groups in total. The number of ether oxygens (including phenoxy) is 1. The summed E-state index contributed by atoms with van der Waals surface area (Å²) in [5.74, 6) is 2.03. The Labute approximate surface area is 98.2 Å². The van der Waals surface area contributed by atoms with Crippen LogP contribution in [0, 0.1) is 0 Å². The van der Waals surface area contributed by atoms with Crippen LogP contribution in [0.1, 0.15) is 39.2 Å². The number of hydrogen-bond acceptors (Lipinski definition) is 3. The fraction of sp³-hybridized carbons (Fsp3) is 0.692. The maximum Gasteiger partial charge on any atom is 0.117 e. The first-order chi connectivity index (χ1) is 7.57. The Morgan fingerprint density at radius 3 is 2.50 bits per heavy atom. The molecule has 3 heteroatoms. The zero-order valence-electron chi connectivity index (χ0n) is 10.8. The van der Waals surface area contributed by atoms with Crippen molar-refractivity contribution < 1.29 is 9.15 Å². The zero-order valence-corrected chi connectivity index (χ0v) is 10.8. The van der Waals surface area contributed by atoms with E-state index in [1.165, 1.54) is 0 Å². The van der Waals surface area contributed by atoms with Gasteiger partial charge in [-0.2, -0.15) is 0 Å². The number of rotatable bonds is 7. The van der Waals surface area contributed by atoms with Gasteiger partial charge in [0.15, 0.2) is 0 Å². The number of nitrogens with one attached hydrogen (secondary N) is 1. The molecule has 0 amide bonds. The smallest absolute Gasteiger partial charge is 0.117 e. The summed E-state index contributed by atoms with van der Waals surface area (Å²) >= 11 is 0. The molecule has 16 heavy (non-hydrogen) atoms. The van der Waals surface area contributed by atoms with Crippen LogP contribution in [-0.4, -0.2) is 18.8 Å². The molecule has 0 saturated heterocycles. The Bertz CT molecular complexity index is 305. The highest BCUT2D eigenvalue weighted by molar-refractivity contribution is 5.06. The second kappa shape index (κ2) is 6.06. The lowest BCUT2D eigenvalue weighted by atomic mass is 10.1. The summed E-state index contributed by atoms with van der Waals surface area (Å²) < 4.78 is 11.2. The standard InChI is InChI=1S/C13H23NO2/c1-5-11-7-8-12(16-11)9-14-10-13(3,4)15-6-2/h7-8,14H,5-6,9-10H2,1-4H3. The molecule has 3 nitrogen and oxygen atoms in total. The summed E-state index contributed by atoms with van der Waals surface area (Å²) in [5.41, 5.74) is -0.116. The van der Waals surface area contributed by atoms with Gasteiger partial charge in [-0.25, -0.2) is 0 Å². The molecule has 0 bridgehead atoms. The molecular weight excluding hydrogens is 202 g/mol. The van der Waals surface area contributed by atoms with Crippen molar-refractivity contribution in [2.45, 2.75) is 46.3 Å². The first kappa shape index (κ1) is 13.3. The molecule has 1 heterocycles. The number of aryl methyl sites for hydroxylation is 1. The Balaban J connectivity index is 2.29. The molecule has 0 aliphatic heterocycles. The highest BCUT2D eigenvalue weighted by atomic mass is 16.5. The third-order valence-electron chi connectivity index (χ3n) is 2.45. The van der Waals surface area contributed by atoms with Gasteiger partial charge in [0, 0.05) is 19.6 Å². The van der Waals surface area contributed by atoms with Crippen LogP contribution in [0.3, 0.4) is 0 Å². The molecular formula is C13H23NO2. The third-order valence-corrected chi connectivity index (χ3v) is 2.45. The van der Waals surface area contributed by atoms with Crippen molar-refractivity contribution >= 4 is 0 Å². The zero-order chi connectivity index (χ0) is 12.0. The van der Waals surface area contributed by atoms with Crippen molar-refractivity contribution in [1.82, 2.24) is 5.32 Å². The summed E-state index contributed by atoms with van der Waals surface area (Å²) in [4.78, 5) is 0. The van der Waals surface area contributed by atoms with Crippen LogP contribution in [0.15, 0.2) is 16.5 Å². The summed E-state index contributed by atoms with van der Waals surface area (Å²) in [5, 5.41) is 3.35. The van der Waals surface area contributed by atoms with E-state index < -0.39 is 0 Å².